The third kappa shape index (κ3) is 3.20. The first kappa shape index (κ1) is 16.0. The number of rotatable bonds is 4. The molecule has 0 saturated carbocycles. The summed E-state index contributed by atoms with van der Waals surface area (Å²) >= 11 is 1.47. The summed E-state index contributed by atoms with van der Waals surface area (Å²) in [7, 11) is 0. The van der Waals surface area contributed by atoms with Gasteiger partial charge < -0.3 is 9.64 Å². The van der Waals surface area contributed by atoms with Gasteiger partial charge in [-0.3, -0.25) is 9.59 Å². The molecule has 2 heterocycles. The van der Waals surface area contributed by atoms with Gasteiger partial charge in [-0.15, -0.1) is 11.8 Å². The molecule has 1 fully saturated rings. The van der Waals surface area contributed by atoms with Crippen LogP contribution >= 0.6 is 11.8 Å². The largest absolute Gasteiger partial charge is 0.451 e. The van der Waals surface area contributed by atoms with Crippen LogP contribution in [0.4, 0.5) is 0 Å². The van der Waals surface area contributed by atoms with Gasteiger partial charge in [0, 0.05) is 6.20 Å². The molecule has 0 spiro atoms. The Labute approximate surface area is 150 Å². The fourth-order valence-corrected chi connectivity index (χ4v) is 4.21. The molecule has 1 saturated heterocycles. The topological polar surface area (TPSA) is 46.6 Å². The Balaban J connectivity index is 1.55. The molecule has 4 rings (SSSR count). The van der Waals surface area contributed by atoms with Gasteiger partial charge in [-0.05, 0) is 17.2 Å². The first-order valence-electron chi connectivity index (χ1n) is 8.18. The molecular formula is C20H17NO3S. The number of amides is 1. The summed E-state index contributed by atoms with van der Waals surface area (Å²) in [4.78, 5) is 25.8. The van der Waals surface area contributed by atoms with E-state index in [0.717, 1.165) is 11.1 Å². The van der Waals surface area contributed by atoms with Gasteiger partial charge in [-0.1, -0.05) is 60.7 Å². The summed E-state index contributed by atoms with van der Waals surface area (Å²) in [6.45, 7) is 0. The zero-order chi connectivity index (χ0) is 17.2. The SMILES string of the molecule is O=C(OC(c1ccccc1)c1ccccc1)C1C=CN2C(=O)C[C@H]2S1. The molecule has 5 heteroatoms. The fourth-order valence-electron chi connectivity index (χ4n) is 2.98. The van der Waals surface area contributed by atoms with E-state index < -0.39 is 6.10 Å². The van der Waals surface area contributed by atoms with Crippen molar-refractivity contribution in [3.05, 3.63) is 84.1 Å². The Morgan fingerprint density at radius 2 is 1.64 bits per heavy atom. The summed E-state index contributed by atoms with van der Waals surface area (Å²) < 4.78 is 5.88. The smallest absolute Gasteiger partial charge is 0.324 e. The van der Waals surface area contributed by atoms with Crippen LogP contribution in [0.15, 0.2) is 72.9 Å². The maximum atomic E-state index is 12.7. The fraction of sp³-hybridized carbons (Fsp3) is 0.200. The van der Waals surface area contributed by atoms with Gasteiger partial charge in [0.1, 0.15) is 5.25 Å². The molecule has 2 aliphatic heterocycles. The van der Waals surface area contributed by atoms with Crippen molar-refractivity contribution < 1.29 is 14.3 Å². The van der Waals surface area contributed by atoms with E-state index in [1.165, 1.54) is 11.8 Å². The highest BCUT2D eigenvalue weighted by molar-refractivity contribution is 8.01. The number of carbonyl (C=O) groups is 2. The molecule has 4 nitrogen and oxygen atoms in total. The van der Waals surface area contributed by atoms with Gasteiger partial charge in [0.2, 0.25) is 5.91 Å². The van der Waals surface area contributed by atoms with Gasteiger partial charge >= 0.3 is 5.97 Å². The molecular weight excluding hydrogens is 334 g/mol. The second-order valence-electron chi connectivity index (χ2n) is 6.00. The average molecular weight is 351 g/mol. The van der Waals surface area contributed by atoms with Crippen molar-refractivity contribution in [2.45, 2.75) is 23.1 Å². The minimum Gasteiger partial charge on any atom is -0.451 e. The molecule has 2 aliphatic rings. The number of hydrogen-bond acceptors (Lipinski definition) is 4. The highest BCUT2D eigenvalue weighted by atomic mass is 32.2. The standard InChI is InChI=1S/C20H17NO3S/c22-17-13-18-21(17)12-11-16(25-18)20(23)24-19(14-7-3-1-4-8-14)15-9-5-2-6-10-15/h1-12,16,18-19H,13H2/t16?,18-/m1/s1. The number of fused-ring (bicyclic) bond motifs is 1. The zero-order valence-corrected chi connectivity index (χ0v) is 14.3. The van der Waals surface area contributed by atoms with Crippen LogP contribution in [0.3, 0.4) is 0 Å². The average Bonchev–Trinajstić information content (AvgIpc) is 2.66. The number of nitrogens with zero attached hydrogens (tertiary/aromatic N) is 1. The van der Waals surface area contributed by atoms with E-state index >= 15 is 0 Å². The van der Waals surface area contributed by atoms with Gasteiger partial charge in [0.05, 0.1) is 11.8 Å². The van der Waals surface area contributed by atoms with Crippen LogP contribution in [0.25, 0.3) is 0 Å². The molecule has 0 bridgehead atoms. The third-order valence-corrected chi connectivity index (χ3v) is 5.69. The maximum Gasteiger partial charge on any atom is 0.324 e. The van der Waals surface area contributed by atoms with Crippen molar-refractivity contribution in [1.82, 2.24) is 4.90 Å². The van der Waals surface area contributed by atoms with E-state index in [0.29, 0.717) is 6.42 Å². The van der Waals surface area contributed by atoms with E-state index in [1.54, 1.807) is 17.2 Å². The minimum atomic E-state index is -0.440. The van der Waals surface area contributed by atoms with Crippen LogP contribution < -0.4 is 0 Å². The Morgan fingerprint density at radius 3 is 2.16 bits per heavy atom. The Hall–Kier alpha value is -2.53. The molecule has 1 amide bonds. The van der Waals surface area contributed by atoms with Gasteiger partial charge in [0.15, 0.2) is 6.10 Å². The van der Waals surface area contributed by atoms with E-state index in [4.69, 9.17) is 4.74 Å². The van der Waals surface area contributed by atoms with Crippen molar-refractivity contribution in [2.75, 3.05) is 0 Å². The molecule has 0 N–H and O–H groups in total. The molecule has 0 aromatic heterocycles. The van der Waals surface area contributed by atoms with Crippen molar-refractivity contribution in [1.29, 1.82) is 0 Å². The quantitative estimate of drug-likeness (QED) is 0.625. The molecule has 2 atom stereocenters. The lowest BCUT2D eigenvalue weighted by molar-refractivity contribution is -0.146. The molecule has 1 unspecified atom stereocenters. The number of benzene rings is 2. The highest BCUT2D eigenvalue weighted by Gasteiger charge is 2.41. The lowest BCUT2D eigenvalue weighted by Gasteiger charge is -2.41. The lowest BCUT2D eigenvalue weighted by atomic mass is 10.0. The number of esters is 1. The molecule has 25 heavy (non-hydrogen) atoms. The van der Waals surface area contributed by atoms with E-state index in [-0.39, 0.29) is 22.5 Å². The minimum absolute atomic E-state index is 0.0574. The number of ether oxygens (including phenoxy) is 1. The molecule has 126 valence electrons. The number of hydrogen-bond donors (Lipinski definition) is 0. The van der Waals surface area contributed by atoms with Crippen molar-refractivity contribution in [2.24, 2.45) is 0 Å². The third-order valence-electron chi connectivity index (χ3n) is 4.34. The lowest BCUT2D eigenvalue weighted by Crippen LogP contribution is -2.50. The van der Waals surface area contributed by atoms with Crippen LogP contribution in [-0.4, -0.2) is 27.4 Å². The van der Waals surface area contributed by atoms with Crippen LogP contribution in [0.5, 0.6) is 0 Å². The van der Waals surface area contributed by atoms with Crippen LogP contribution in [0.2, 0.25) is 0 Å². The van der Waals surface area contributed by atoms with Crippen molar-refractivity contribution >= 4 is 23.6 Å². The second kappa shape index (κ2) is 6.76. The van der Waals surface area contributed by atoms with Crippen LogP contribution in [0.1, 0.15) is 23.7 Å². The van der Waals surface area contributed by atoms with Gasteiger partial charge in [-0.2, -0.15) is 0 Å². The predicted octanol–water partition coefficient (Wildman–Crippen LogP) is 3.51. The van der Waals surface area contributed by atoms with Crippen LogP contribution in [-0.2, 0) is 14.3 Å². The number of β-lactam (4-membered cyclic amide) rings is 1. The second-order valence-corrected chi connectivity index (χ2v) is 7.32. The number of thioether (sulfide) groups is 1. The summed E-state index contributed by atoms with van der Waals surface area (Å²) in [5, 5.41) is -0.328. The normalized spacial score (nSPS) is 21.6. The van der Waals surface area contributed by atoms with Gasteiger partial charge in [0.25, 0.3) is 0 Å². The van der Waals surface area contributed by atoms with Crippen LogP contribution in [0, 0.1) is 0 Å². The molecule has 2 aromatic carbocycles. The Morgan fingerprint density at radius 1 is 1.04 bits per heavy atom. The molecule has 0 aliphatic carbocycles. The van der Waals surface area contributed by atoms with E-state index in [1.807, 2.05) is 60.7 Å². The monoisotopic (exact) mass is 351 g/mol. The Kier molecular flexibility index (Phi) is 4.32. The van der Waals surface area contributed by atoms with Crippen molar-refractivity contribution in [3.63, 3.8) is 0 Å². The van der Waals surface area contributed by atoms with E-state index in [9.17, 15) is 9.59 Å². The van der Waals surface area contributed by atoms with Crippen molar-refractivity contribution in [3.8, 4) is 0 Å². The first-order chi connectivity index (χ1) is 12.2. The summed E-state index contributed by atoms with van der Waals surface area (Å²) in [6, 6.07) is 19.5. The Bertz CT molecular complexity index is 767. The molecule has 2 aromatic rings. The summed E-state index contributed by atoms with van der Waals surface area (Å²) in [5.41, 5.74) is 1.87. The summed E-state index contributed by atoms with van der Waals surface area (Å²) in [6.07, 6.45) is 3.50. The maximum absolute atomic E-state index is 12.7. The zero-order valence-electron chi connectivity index (χ0n) is 13.4. The first-order valence-corrected chi connectivity index (χ1v) is 9.12. The van der Waals surface area contributed by atoms with E-state index in [2.05, 4.69) is 0 Å². The predicted molar refractivity (Wildman–Crippen MR) is 96.6 cm³/mol. The number of carbonyl (C=O) groups excluding carboxylic acids is 2. The highest BCUT2D eigenvalue weighted by Crippen LogP contribution is 2.38. The molecule has 0 radical (unpaired) electrons. The van der Waals surface area contributed by atoms with Gasteiger partial charge in [-0.25, -0.2) is 0 Å². The summed E-state index contributed by atoms with van der Waals surface area (Å²) in [5.74, 6) is -0.176.